The maximum atomic E-state index is 11.3. The highest BCUT2D eigenvalue weighted by atomic mass is 16.4. The Morgan fingerprint density at radius 2 is 2.27 bits per heavy atom. The smallest absolute Gasteiger partial charge is 0.304 e. The molecule has 0 fully saturated rings. The van der Waals surface area contributed by atoms with Gasteiger partial charge in [0.25, 0.3) is 0 Å². The van der Waals surface area contributed by atoms with E-state index in [1.165, 1.54) is 5.56 Å². The molecule has 0 saturated heterocycles. The quantitative estimate of drug-likeness (QED) is 0.598. The van der Waals surface area contributed by atoms with Gasteiger partial charge in [0.05, 0.1) is 18.4 Å². The minimum absolute atomic E-state index is 0.0487. The first-order chi connectivity index (χ1) is 14.7. The number of rotatable bonds is 8. The number of fused-ring (bicyclic) bond motifs is 1. The molecule has 4 rings (SSSR count). The number of carboxylic acid groups (broad SMARTS) is 1. The molecule has 1 unspecified atom stereocenters. The number of carbonyl (C=O) groups is 1. The van der Waals surface area contributed by atoms with Crippen LogP contribution in [0.15, 0.2) is 55.3 Å². The fourth-order valence-corrected chi connectivity index (χ4v) is 3.72. The lowest BCUT2D eigenvalue weighted by Crippen LogP contribution is -2.13. The largest absolute Gasteiger partial charge is 0.481 e. The molecule has 0 aliphatic carbocycles. The molecule has 7 nitrogen and oxygen atoms in total. The Labute approximate surface area is 175 Å². The van der Waals surface area contributed by atoms with Crippen LogP contribution >= 0.6 is 0 Å². The van der Waals surface area contributed by atoms with Crippen LogP contribution in [0.3, 0.4) is 0 Å². The Hall–Kier alpha value is -3.48. The van der Waals surface area contributed by atoms with Gasteiger partial charge < -0.3 is 15.0 Å². The number of pyridine rings is 2. The van der Waals surface area contributed by atoms with E-state index >= 15 is 0 Å². The van der Waals surface area contributed by atoms with Crippen LogP contribution in [0.4, 0.5) is 5.82 Å². The van der Waals surface area contributed by atoms with Gasteiger partial charge in [-0.15, -0.1) is 0 Å². The van der Waals surface area contributed by atoms with Crippen LogP contribution in [-0.4, -0.2) is 37.1 Å². The summed E-state index contributed by atoms with van der Waals surface area (Å²) >= 11 is 0. The van der Waals surface area contributed by atoms with Crippen molar-refractivity contribution in [2.24, 2.45) is 0 Å². The fourth-order valence-electron chi connectivity index (χ4n) is 3.72. The lowest BCUT2D eigenvalue weighted by atomic mass is 9.97. The number of nitrogens with zero attached hydrogens (tertiary/aromatic N) is 4. The SMILES string of the molecule is O=C(O)CC(Cn1cnc(C=CCc2ccc3c(n2)NCCC3)c1)c1cccnc1. The first kappa shape index (κ1) is 19.8. The highest BCUT2D eigenvalue weighted by Gasteiger charge is 2.16. The number of aliphatic carboxylic acids is 1. The second kappa shape index (κ2) is 9.35. The van der Waals surface area contributed by atoms with Crippen molar-refractivity contribution in [1.82, 2.24) is 19.5 Å². The average molecular weight is 403 g/mol. The maximum absolute atomic E-state index is 11.3. The van der Waals surface area contributed by atoms with Crippen LogP contribution in [0.25, 0.3) is 6.08 Å². The summed E-state index contributed by atoms with van der Waals surface area (Å²) in [7, 11) is 0. The molecule has 154 valence electrons. The zero-order valence-corrected chi connectivity index (χ0v) is 16.7. The molecule has 30 heavy (non-hydrogen) atoms. The third-order valence-electron chi connectivity index (χ3n) is 5.23. The molecule has 1 aliphatic rings. The summed E-state index contributed by atoms with van der Waals surface area (Å²) in [5.41, 5.74) is 4.07. The van der Waals surface area contributed by atoms with Gasteiger partial charge in [0.2, 0.25) is 0 Å². The summed E-state index contributed by atoms with van der Waals surface area (Å²) in [6, 6.07) is 7.99. The minimum Gasteiger partial charge on any atom is -0.481 e. The normalized spacial score (nSPS) is 14.3. The Balaban J connectivity index is 1.39. The predicted molar refractivity (Wildman–Crippen MR) is 115 cm³/mol. The van der Waals surface area contributed by atoms with Crippen LogP contribution in [0.5, 0.6) is 0 Å². The standard InChI is InChI=1S/C23H25N5O2/c29-22(30)12-19(18-5-2-10-24-13-18)14-28-15-21(26-16-28)7-1-6-20-9-8-17-4-3-11-25-23(17)27-20/h1-2,5,7-10,13,15-16,19H,3-4,6,11-12,14H2,(H,25,27)(H,29,30). The summed E-state index contributed by atoms with van der Waals surface area (Å²) in [5.74, 6) is 0.0295. The summed E-state index contributed by atoms with van der Waals surface area (Å²) in [5, 5.41) is 12.6. The first-order valence-corrected chi connectivity index (χ1v) is 10.2. The van der Waals surface area contributed by atoms with Crippen molar-refractivity contribution in [3.8, 4) is 0 Å². The van der Waals surface area contributed by atoms with Crippen LogP contribution in [0.2, 0.25) is 0 Å². The van der Waals surface area contributed by atoms with Crippen molar-refractivity contribution in [3.63, 3.8) is 0 Å². The van der Waals surface area contributed by atoms with Gasteiger partial charge in [0.15, 0.2) is 0 Å². The monoisotopic (exact) mass is 403 g/mol. The highest BCUT2D eigenvalue weighted by Crippen LogP contribution is 2.22. The molecule has 2 N–H and O–H groups in total. The van der Waals surface area contributed by atoms with Gasteiger partial charge in [0.1, 0.15) is 5.82 Å². The molecule has 1 atom stereocenters. The molecule has 0 spiro atoms. The number of hydrogen-bond acceptors (Lipinski definition) is 5. The molecule has 1 aliphatic heterocycles. The van der Waals surface area contributed by atoms with E-state index in [-0.39, 0.29) is 12.3 Å². The molecule has 0 amide bonds. The lowest BCUT2D eigenvalue weighted by molar-refractivity contribution is -0.137. The number of hydrogen-bond donors (Lipinski definition) is 2. The average Bonchev–Trinajstić information content (AvgIpc) is 3.21. The number of allylic oxidation sites excluding steroid dienone is 1. The van der Waals surface area contributed by atoms with E-state index in [0.29, 0.717) is 6.54 Å². The Kier molecular flexibility index (Phi) is 6.17. The molecule has 0 radical (unpaired) electrons. The number of imidazole rings is 1. The van der Waals surface area contributed by atoms with E-state index in [2.05, 4.69) is 33.5 Å². The van der Waals surface area contributed by atoms with Crippen LogP contribution in [-0.2, 0) is 24.2 Å². The van der Waals surface area contributed by atoms with E-state index in [1.54, 1.807) is 18.7 Å². The Bertz CT molecular complexity index is 1030. The van der Waals surface area contributed by atoms with Gasteiger partial charge in [-0.1, -0.05) is 18.2 Å². The molecule has 0 saturated carbocycles. The van der Waals surface area contributed by atoms with Gasteiger partial charge >= 0.3 is 5.97 Å². The van der Waals surface area contributed by atoms with E-state index in [1.807, 2.05) is 29.0 Å². The van der Waals surface area contributed by atoms with Gasteiger partial charge in [0, 0.05) is 49.7 Å². The van der Waals surface area contributed by atoms with E-state index in [0.717, 1.165) is 48.6 Å². The molecular formula is C23H25N5O2. The minimum atomic E-state index is -0.823. The summed E-state index contributed by atoms with van der Waals surface area (Å²) in [6.45, 7) is 1.52. The number of aromatic nitrogens is 4. The zero-order chi connectivity index (χ0) is 20.8. The summed E-state index contributed by atoms with van der Waals surface area (Å²) in [6.07, 6.45) is 14.2. The predicted octanol–water partition coefficient (Wildman–Crippen LogP) is 3.55. The van der Waals surface area contributed by atoms with Crippen molar-refractivity contribution < 1.29 is 9.90 Å². The second-order valence-corrected chi connectivity index (χ2v) is 7.52. The number of anilines is 1. The maximum Gasteiger partial charge on any atom is 0.304 e. The summed E-state index contributed by atoms with van der Waals surface area (Å²) < 4.78 is 1.93. The van der Waals surface area contributed by atoms with Crippen molar-refractivity contribution in [2.75, 3.05) is 11.9 Å². The molecule has 0 bridgehead atoms. The number of nitrogens with one attached hydrogen (secondary N) is 1. The van der Waals surface area contributed by atoms with Gasteiger partial charge in [-0.3, -0.25) is 9.78 Å². The topological polar surface area (TPSA) is 92.9 Å². The highest BCUT2D eigenvalue weighted by molar-refractivity contribution is 5.68. The molecule has 0 aromatic carbocycles. The van der Waals surface area contributed by atoms with Crippen molar-refractivity contribution >= 4 is 17.9 Å². The molecular weight excluding hydrogens is 378 g/mol. The van der Waals surface area contributed by atoms with Gasteiger partial charge in [-0.2, -0.15) is 0 Å². The number of aryl methyl sites for hydroxylation is 1. The Morgan fingerprint density at radius 3 is 3.10 bits per heavy atom. The van der Waals surface area contributed by atoms with E-state index in [4.69, 9.17) is 4.98 Å². The fraction of sp³-hybridized carbons (Fsp3) is 0.304. The van der Waals surface area contributed by atoms with Crippen molar-refractivity contribution in [3.05, 3.63) is 77.8 Å². The van der Waals surface area contributed by atoms with Gasteiger partial charge in [-0.25, -0.2) is 9.97 Å². The van der Waals surface area contributed by atoms with E-state index < -0.39 is 5.97 Å². The van der Waals surface area contributed by atoms with Crippen LogP contribution in [0.1, 0.15) is 41.3 Å². The van der Waals surface area contributed by atoms with Crippen molar-refractivity contribution in [2.45, 2.75) is 38.1 Å². The van der Waals surface area contributed by atoms with Gasteiger partial charge in [-0.05, 0) is 42.2 Å². The zero-order valence-electron chi connectivity index (χ0n) is 16.7. The second-order valence-electron chi connectivity index (χ2n) is 7.52. The molecule has 7 heteroatoms. The lowest BCUT2D eigenvalue weighted by Gasteiger charge is -2.17. The van der Waals surface area contributed by atoms with E-state index in [9.17, 15) is 9.90 Å². The first-order valence-electron chi connectivity index (χ1n) is 10.2. The van der Waals surface area contributed by atoms with Crippen LogP contribution < -0.4 is 5.32 Å². The molecule has 4 heterocycles. The van der Waals surface area contributed by atoms with Crippen molar-refractivity contribution in [1.29, 1.82) is 0 Å². The summed E-state index contributed by atoms with van der Waals surface area (Å²) in [4.78, 5) is 24.5. The molecule has 3 aromatic heterocycles. The Morgan fingerprint density at radius 1 is 1.33 bits per heavy atom. The number of carboxylic acids is 1. The third kappa shape index (κ3) is 5.11. The van der Waals surface area contributed by atoms with Crippen LogP contribution in [0, 0.1) is 0 Å². The molecule has 3 aromatic rings. The third-order valence-corrected chi connectivity index (χ3v) is 5.23.